The van der Waals surface area contributed by atoms with E-state index in [1.807, 2.05) is 0 Å². The summed E-state index contributed by atoms with van der Waals surface area (Å²) in [4.78, 5) is 14.3. The van der Waals surface area contributed by atoms with Crippen LogP contribution >= 0.6 is 11.3 Å². The molecular formula is C10H5F5N2OS. The first-order chi connectivity index (χ1) is 8.64. The Bertz CT molecular complexity index is 649. The van der Waals surface area contributed by atoms with E-state index in [1.165, 1.54) is 18.2 Å². The number of nitrogens with zero attached hydrogens (tertiary/aromatic N) is 1. The van der Waals surface area contributed by atoms with Crippen molar-refractivity contribution in [2.45, 2.75) is 12.1 Å². The lowest BCUT2D eigenvalue weighted by atomic mass is 10.2. The number of nitrogens with two attached hydrogens (primary N) is 1. The van der Waals surface area contributed by atoms with Crippen molar-refractivity contribution in [3.05, 3.63) is 28.8 Å². The number of aromatic nitrogens is 1. The molecule has 0 saturated heterocycles. The topological polar surface area (TPSA) is 56.0 Å². The van der Waals surface area contributed by atoms with E-state index in [2.05, 4.69) is 4.98 Å². The molecule has 1 amide bonds. The molecule has 9 heteroatoms. The monoisotopic (exact) mass is 296 g/mol. The van der Waals surface area contributed by atoms with Gasteiger partial charge in [0.1, 0.15) is 0 Å². The molecule has 0 aliphatic rings. The molecule has 0 radical (unpaired) electrons. The summed E-state index contributed by atoms with van der Waals surface area (Å²) in [5, 5.41) is -1.41. The highest BCUT2D eigenvalue weighted by atomic mass is 32.1. The molecular weight excluding hydrogens is 291 g/mol. The fraction of sp³-hybridized carbons (Fsp3) is 0.200. The number of carbonyl (C=O) groups excluding carboxylic acids is 1. The van der Waals surface area contributed by atoms with Crippen LogP contribution in [0.4, 0.5) is 22.0 Å². The second kappa shape index (κ2) is 4.12. The van der Waals surface area contributed by atoms with Crippen LogP contribution in [-0.2, 0) is 5.92 Å². The highest BCUT2D eigenvalue weighted by Crippen LogP contribution is 2.46. The number of hydrogen-bond donors (Lipinski definition) is 1. The van der Waals surface area contributed by atoms with Crippen molar-refractivity contribution in [1.82, 2.24) is 4.98 Å². The van der Waals surface area contributed by atoms with E-state index in [4.69, 9.17) is 5.73 Å². The molecule has 1 heterocycles. The molecule has 2 N–H and O–H groups in total. The highest BCUT2D eigenvalue weighted by molar-refractivity contribution is 7.18. The zero-order valence-electron chi connectivity index (χ0n) is 8.96. The predicted molar refractivity (Wildman–Crippen MR) is 58.1 cm³/mol. The smallest absolute Gasteiger partial charge is 0.366 e. The lowest BCUT2D eigenvalue weighted by Crippen LogP contribution is -2.33. The zero-order valence-corrected chi connectivity index (χ0v) is 9.78. The summed E-state index contributed by atoms with van der Waals surface area (Å²) < 4.78 is 63.0. The van der Waals surface area contributed by atoms with Gasteiger partial charge in [0.05, 0.1) is 15.8 Å². The number of carbonyl (C=O) groups is 1. The Balaban J connectivity index is 2.66. The Kier molecular flexibility index (Phi) is 2.96. The summed E-state index contributed by atoms with van der Waals surface area (Å²) in [5.74, 6) is -6.01. The number of halogens is 5. The minimum Gasteiger partial charge on any atom is -0.366 e. The highest BCUT2D eigenvalue weighted by Gasteiger charge is 2.61. The van der Waals surface area contributed by atoms with Gasteiger partial charge in [0.15, 0.2) is 5.01 Å². The Morgan fingerprint density at radius 3 is 2.37 bits per heavy atom. The molecule has 0 bridgehead atoms. The standard InChI is InChI=1S/C10H5F5N2OS/c11-9(12,10(13,14)15)8-17-6-4(7(16)18)2-1-3-5(6)19-8/h1-3H,(H2,16,18). The minimum absolute atomic E-state index is 0.0372. The van der Waals surface area contributed by atoms with E-state index in [9.17, 15) is 26.7 Å². The van der Waals surface area contributed by atoms with Crippen molar-refractivity contribution >= 4 is 27.5 Å². The number of amides is 1. The van der Waals surface area contributed by atoms with Gasteiger partial charge in [-0.25, -0.2) is 4.98 Å². The summed E-state index contributed by atoms with van der Waals surface area (Å²) >= 11 is 0.174. The molecule has 3 nitrogen and oxygen atoms in total. The molecule has 0 fully saturated rings. The van der Waals surface area contributed by atoms with E-state index in [-0.39, 0.29) is 27.1 Å². The summed E-state index contributed by atoms with van der Waals surface area (Å²) in [5.41, 5.74) is 4.55. The van der Waals surface area contributed by atoms with Crippen LogP contribution in [0.25, 0.3) is 10.2 Å². The maximum atomic E-state index is 13.1. The molecule has 0 aliphatic carbocycles. The molecule has 0 unspecified atom stereocenters. The van der Waals surface area contributed by atoms with Crippen molar-refractivity contribution < 1.29 is 26.7 Å². The molecule has 0 aliphatic heterocycles. The molecule has 1 aromatic carbocycles. The molecule has 19 heavy (non-hydrogen) atoms. The SMILES string of the molecule is NC(=O)c1cccc2sc(C(F)(F)C(F)(F)F)nc12. The van der Waals surface area contributed by atoms with Crippen LogP contribution in [-0.4, -0.2) is 17.1 Å². The lowest BCUT2D eigenvalue weighted by Gasteiger charge is -2.16. The van der Waals surface area contributed by atoms with Gasteiger partial charge in [-0.1, -0.05) is 6.07 Å². The third-order valence-electron chi connectivity index (χ3n) is 2.31. The van der Waals surface area contributed by atoms with Crippen LogP contribution in [0.3, 0.4) is 0 Å². The van der Waals surface area contributed by atoms with E-state index in [1.54, 1.807) is 0 Å². The molecule has 0 saturated carbocycles. The predicted octanol–water partition coefficient (Wildman–Crippen LogP) is 3.05. The number of fused-ring (bicyclic) bond motifs is 1. The second-order valence-electron chi connectivity index (χ2n) is 3.61. The first-order valence-corrected chi connectivity index (χ1v) is 5.60. The third kappa shape index (κ3) is 2.14. The van der Waals surface area contributed by atoms with E-state index in [0.29, 0.717) is 0 Å². The molecule has 0 spiro atoms. The first-order valence-electron chi connectivity index (χ1n) is 4.79. The Hall–Kier alpha value is -1.77. The van der Waals surface area contributed by atoms with Gasteiger partial charge in [-0.3, -0.25) is 4.79 Å². The molecule has 1 aromatic heterocycles. The largest absolute Gasteiger partial charge is 0.460 e. The van der Waals surface area contributed by atoms with Crippen molar-refractivity contribution in [3.8, 4) is 0 Å². The van der Waals surface area contributed by atoms with Gasteiger partial charge in [-0.05, 0) is 12.1 Å². The number of hydrogen-bond acceptors (Lipinski definition) is 3. The molecule has 2 rings (SSSR count). The van der Waals surface area contributed by atoms with Crippen LogP contribution in [0.5, 0.6) is 0 Å². The van der Waals surface area contributed by atoms with E-state index in [0.717, 1.165) is 0 Å². The van der Waals surface area contributed by atoms with Gasteiger partial charge < -0.3 is 5.73 Å². The van der Waals surface area contributed by atoms with E-state index < -0.39 is 23.0 Å². The fourth-order valence-corrected chi connectivity index (χ4v) is 2.39. The van der Waals surface area contributed by atoms with Crippen LogP contribution < -0.4 is 5.73 Å². The number of alkyl halides is 5. The van der Waals surface area contributed by atoms with Crippen molar-refractivity contribution in [2.75, 3.05) is 0 Å². The quantitative estimate of drug-likeness (QED) is 0.866. The van der Waals surface area contributed by atoms with Crippen LogP contribution in [0.1, 0.15) is 15.4 Å². The summed E-state index contributed by atoms with van der Waals surface area (Å²) in [6, 6.07) is 3.82. The van der Waals surface area contributed by atoms with Gasteiger partial charge in [-0.15, -0.1) is 11.3 Å². The van der Waals surface area contributed by atoms with Gasteiger partial charge >= 0.3 is 12.1 Å². The van der Waals surface area contributed by atoms with Crippen molar-refractivity contribution in [3.63, 3.8) is 0 Å². The summed E-state index contributed by atoms with van der Waals surface area (Å²) in [6.45, 7) is 0. The maximum Gasteiger partial charge on any atom is 0.460 e. The number of benzene rings is 1. The fourth-order valence-electron chi connectivity index (χ4n) is 1.40. The number of thiazole rings is 1. The maximum absolute atomic E-state index is 13.1. The Morgan fingerprint density at radius 2 is 1.84 bits per heavy atom. The average Bonchev–Trinajstić information content (AvgIpc) is 2.70. The normalized spacial score (nSPS) is 12.9. The van der Waals surface area contributed by atoms with Gasteiger partial charge in [0, 0.05) is 0 Å². The van der Waals surface area contributed by atoms with Crippen molar-refractivity contribution in [1.29, 1.82) is 0 Å². The van der Waals surface area contributed by atoms with Gasteiger partial charge in [0.2, 0.25) is 0 Å². The second-order valence-corrected chi connectivity index (χ2v) is 4.64. The van der Waals surface area contributed by atoms with Crippen LogP contribution in [0.2, 0.25) is 0 Å². The zero-order chi connectivity index (χ0) is 14.4. The Morgan fingerprint density at radius 1 is 1.21 bits per heavy atom. The van der Waals surface area contributed by atoms with Crippen molar-refractivity contribution in [2.24, 2.45) is 5.73 Å². The third-order valence-corrected chi connectivity index (χ3v) is 3.40. The van der Waals surface area contributed by atoms with Gasteiger partial charge in [0.25, 0.3) is 5.91 Å². The minimum atomic E-state index is -5.74. The molecule has 0 atom stereocenters. The van der Waals surface area contributed by atoms with Crippen LogP contribution in [0.15, 0.2) is 18.2 Å². The number of rotatable bonds is 2. The summed E-state index contributed by atoms with van der Waals surface area (Å²) in [7, 11) is 0. The van der Waals surface area contributed by atoms with E-state index >= 15 is 0 Å². The first kappa shape index (κ1) is 13.7. The van der Waals surface area contributed by atoms with Gasteiger partial charge in [-0.2, -0.15) is 22.0 Å². The van der Waals surface area contributed by atoms with Crippen LogP contribution in [0, 0.1) is 0 Å². The number of para-hydroxylation sites is 1. The summed E-state index contributed by atoms with van der Waals surface area (Å²) in [6.07, 6.45) is -5.74. The molecule has 102 valence electrons. The molecule has 2 aromatic rings. The lowest BCUT2D eigenvalue weighted by molar-refractivity contribution is -0.289. The Labute approximate surface area is 106 Å². The average molecular weight is 296 g/mol. The number of primary amides is 1.